The quantitative estimate of drug-likeness (QED) is 0.484. The van der Waals surface area contributed by atoms with Crippen LogP contribution in [-0.2, 0) is 11.2 Å². The minimum Gasteiger partial charge on any atom is -0.461 e. The maximum absolute atomic E-state index is 12.0. The first kappa shape index (κ1) is 17.7. The first-order chi connectivity index (χ1) is 12.5. The largest absolute Gasteiger partial charge is 0.461 e. The highest BCUT2D eigenvalue weighted by Crippen LogP contribution is 2.24. The lowest BCUT2D eigenvalue weighted by atomic mass is 10.2. The van der Waals surface area contributed by atoms with Crippen LogP contribution in [0.5, 0.6) is 0 Å². The molecule has 2 aromatic carbocycles. The van der Waals surface area contributed by atoms with Gasteiger partial charge in [0.1, 0.15) is 11.5 Å². The standard InChI is InChI=1S/C19H15ClN2O4/c20-14-6-4-13(5-7-14)18-10-8-17(26-18)9-11-19(23)21-15-2-1-3-16(12-15)22(24)25/h1-8,10,12H,9,11H2,(H,21,23). The molecule has 1 amide bonds. The minimum absolute atomic E-state index is 0.0681. The summed E-state index contributed by atoms with van der Waals surface area (Å²) >= 11 is 5.87. The predicted octanol–water partition coefficient (Wildman–Crippen LogP) is 5.08. The molecule has 0 radical (unpaired) electrons. The van der Waals surface area contributed by atoms with Crippen LogP contribution in [0.15, 0.2) is 65.1 Å². The van der Waals surface area contributed by atoms with Crippen molar-refractivity contribution in [2.45, 2.75) is 12.8 Å². The lowest BCUT2D eigenvalue weighted by molar-refractivity contribution is -0.384. The van der Waals surface area contributed by atoms with Crippen LogP contribution in [0, 0.1) is 10.1 Å². The lowest BCUT2D eigenvalue weighted by Crippen LogP contribution is -2.12. The van der Waals surface area contributed by atoms with E-state index in [0.29, 0.717) is 28.7 Å². The number of nitro benzene ring substituents is 1. The smallest absolute Gasteiger partial charge is 0.271 e. The fourth-order valence-corrected chi connectivity index (χ4v) is 2.57. The van der Waals surface area contributed by atoms with Gasteiger partial charge < -0.3 is 9.73 Å². The van der Waals surface area contributed by atoms with Gasteiger partial charge in [0.05, 0.1) is 4.92 Å². The number of nitrogens with zero attached hydrogens (tertiary/aromatic N) is 1. The fourth-order valence-electron chi connectivity index (χ4n) is 2.44. The molecular weight excluding hydrogens is 356 g/mol. The summed E-state index contributed by atoms with van der Waals surface area (Å²) in [5.74, 6) is 1.15. The molecule has 0 saturated heterocycles. The van der Waals surface area contributed by atoms with Gasteiger partial charge in [0.15, 0.2) is 0 Å². The van der Waals surface area contributed by atoms with Gasteiger partial charge in [0.2, 0.25) is 5.91 Å². The van der Waals surface area contributed by atoms with Crippen molar-refractivity contribution < 1.29 is 14.1 Å². The predicted molar refractivity (Wildman–Crippen MR) is 99.2 cm³/mol. The molecule has 0 aliphatic rings. The van der Waals surface area contributed by atoms with E-state index < -0.39 is 4.92 Å². The van der Waals surface area contributed by atoms with Gasteiger partial charge in [-0.3, -0.25) is 14.9 Å². The van der Waals surface area contributed by atoms with Crippen LogP contribution in [0.1, 0.15) is 12.2 Å². The molecule has 0 saturated carbocycles. The van der Waals surface area contributed by atoms with Crippen LogP contribution in [0.2, 0.25) is 5.02 Å². The summed E-state index contributed by atoms with van der Waals surface area (Å²) in [6.07, 6.45) is 0.630. The summed E-state index contributed by atoms with van der Waals surface area (Å²) in [6.45, 7) is 0. The van der Waals surface area contributed by atoms with Crippen molar-refractivity contribution in [1.29, 1.82) is 0 Å². The molecule has 0 fully saturated rings. The zero-order valence-electron chi connectivity index (χ0n) is 13.6. The Balaban J connectivity index is 1.57. The average Bonchev–Trinajstić information content (AvgIpc) is 3.10. The molecule has 3 aromatic rings. The van der Waals surface area contributed by atoms with Crippen LogP contribution in [0.4, 0.5) is 11.4 Å². The van der Waals surface area contributed by atoms with E-state index in [1.54, 1.807) is 18.2 Å². The van der Waals surface area contributed by atoms with Crippen molar-refractivity contribution in [2.24, 2.45) is 0 Å². The Labute approximate surface area is 154 Å². The molecule has 26 heavy (non-hydrogen) atoms. The number of rotatable bonds is 6. The van der Waals surface area contributed by atoms with Gasteiger partial charge in [-0.05, 0) is 42.5 Å². The van der Waals surface area contributed by atoms with Gasteiger partial charge in [-0.15, -0.1) is 0 Å². The highest BCUT2D eigenvalue weighted by atomic mass is 35.5. The second-order valence-electron chi connectivity index (χ2n) is 5.63. The van der Waals surface area contributed by atoms with Crippen molar-refractivity contribution in [3.63, 3.8) is 0 Å². The molecular formula is C19H15ClN2O4. The number of non-ortho nitro benzene ring substituents is 1. The highest BCUT2D eigenvalue weighted by Gasteiger charge is 2.10. The number of hydrogen-bond acceptors (Lipinski definition) is 4. The molecule has 0 bridgehead atoms. The first-order valence-corrected chi connectivity index (χ1v) is 8.28. The molecule has 132 valence electrons. The average molecular weight is 371 g/mol. The molecule has 0 unspecified atom stereocenters. The number of furan rings is 1. The summed E-state index contributed by atoms with van der Waals surface area (Å²) < 4.78 is 5.75. The van der Waals surface area contributed by atoms with Crippen LogP contribution in [0.25, 0.3) is 11.3 Å². The van der Waals surface area contributed by atoms with Crippen LogP contribution < -0.4 is 5.32 Å². The Hall–Kier alpha value is -3.12. The van der Waals surface area contributed by atoms with Crippen molar-refractivity contribution in [1.82, 2.24) is 0 Å². The van der Waals surface area contributed by atoms with E-state index >= 15 is 0 Å². The second-order valence-corrected chi connectivity index (χ2v) is 6.06. The Morgan fingerprint density at radius 2 is 1.88 bits per heavy atom. The normalized spacial score (nSPS) is 10.5. The fraction of sp³-hybridized carbons (Fsp3) is 0.105. The third-order valence-corrected chi connectivity index (χ3v) is 3.98. The molecule has 0 atom stereocenters. The summed E-state index contributed by atoms with van der Waals surface area (Å²) in [5, 5.41) is 14.1. The van der Waals surface area contributed by atoms with E-state index in [9.17, 15) is 14.9 Å². The minimum atomic E-state index is -0.503. The van der Waals surface area contributed by atoms with E-state index in [1.165, 1.54) is 18.2 Å². The topological polar surface area (TPSA) is 85.4 Å². The van der Waals surface area contributed by atoms with Crippen molar-refractivity contribution >= 4 is 28.9 Å². The summed E-state index contributed by atoms with van der Waals surface area (Å²) in [7, 11) is 0. The molecule has 0 aliphatic heterocycles. The van der Waals surface area contributed by atoms with Gasteiger partial charge >= 0.3 is 0 Å². The Bertz CT molecular complexity index is 935. The Kier molecular flexibility index (Phi) is 5.34. The van der Waals surface area contributed by atoms with Crippen molar-refractivity contribution in [3.05, 3.63) is 81.6 Å². The summed E-state index contributed by atoms with van der Waals surface area (Å²) in [4.78, 5) is 22.3. The number of carbonyl (C=O) groups is 1. The van der Waals surface area contributed by atoms with Gasteiger partial charge in [-0.1, -0.05) is 17.7 Å². The number of amides is 1. The molecule has 0 spiro atoms. The monoisotopic (exact) mass is 370 g/mol. The SMILES string of the molecule is O=C(CCc1ccc(-c2ccc(Cl)cc2)o1)Nc1cccc([N+](=O)[O-])c1. The zero-order valence-corrected chi connectivity index (χ0v) is 14.4. The third kappa shape index (κ3) is 4.49. The summed E-state index contributed by atoms with van der Waals surface area (Å²) in [5.41, 5.74) is 1.23. The van der Waals surface area contributed by atoms with E-state index in [2.05, 4.69) is 5.32 Å². The zero-order chi connectivity index (χ0) is 18.5. The van der Waals surface area contributed by atoms with Crippen LogP contribution >= 0.6 is 11.6 Å². The first-order valence-electron chi connectivity index (χ1n) is 7.90. The van der Waals surface area contributed by atoms with Gasteiger partial charge in [0.25, 0.3) is 5.69 Å². The molecule has 1 N–H and O–H groups in total. The highest BCUT2D eigenvalue weighted by molar-refractivity contribution is 6.30. The maximum Gasteiger partial charge on any atom is 0.271 e. The van der Waals surface area contributed by atoms with Crippen molar-refractivity contribution in [2.75, 3.05) is 5.32 Å². The summed E-state index contributed by atoms with van der Waals surface area (Å²) in [6, 6.07) is 16.8. The number of nitrogens with one attached hydrogen (secondary N) is 1. The Morgan fingerprint density at radius 3 is 2.62 bits per heavy atom. The number of hydrogen-bond donors (Lipinski definition) is 1. The van der Waals surface area contributed by atoms with Gasteiger partial charge in [-0.2, -0.15) is 0 Å². The van der Waals surface area contributed by atoms with E-state index in [1.807, 2.05) is 24.3 Å². The number of anilines is 1. The molecule has 1 aromatic heterocycles. The number of benzene rings is 2. The lowest BCUT2D eigenvalue weighted by Gasteiger charge is -2.04. The van der Waals surface area contributed by atoms with E-state index in [0.717, 1.165) is 5.56 Å². The van der Waals surface area contributed by atoms with Crippen LogP contribution in [0.3, 0.4) is 0 Å². The molecule has 6 nitrogen and oxygen atoms in total. The number of aryl methyl sites for hydroxylation is 1. The van der Waals surface area contributed by atoms with Gasteiger partial charge in [0, 0.05) is 41.2 Å². The maximum atomic E-state index is 12.0. The molecule has 1 heterocycles. The molecule has 7 heteroatoms. The number of carbonyl (C=O) groups excluding carboxylic acids is 1. The molecule has 3 rings (SSSR count). The molecule has 0 aliphatic carbocycles. The van der Waals surface area contributed by atoms with E-state index in [4.69, 9.17) is 16.0 Å². The van der Waals surface area contributed by atoms with Crippen molar-refractivity contribution in [3.8, 4) is 11.3 Å². The van der Waals surface area contributed by atoms with Gasteiger partial charge in [-0.25, -0.2) is 0 Å². The van der Waals surface area contributed by atoms with Crippen LogP contribution in [-0.4, -0.2) is 10.8 Å². The number of nitro groups is 1. The number of halogens is 1. The van der Waals surface area contributed by atoms with E-state index in [-0.39, 0.29) is 18.0 Å². The second kappa shape index (κ2) is 7.84. The third-order valence-electron chi connectivity index (χ3n) is 3.73. The Morgan fingerprint density at radius 1 is 1.12 bits per heavy atom.